The van der Waals surface area contributed by atoms with Crippen LogP contribution in [0, 0.1) is 6.92 Å². The van der Waals surface area contributed by atoms with Crippen molar-refractivity contribution in [3.8, 4) is 0 Å². The van der Waals surface area contributed by atoms with E-state index >= 15 is 0 Å². The van der Waals surface area contributed by atoms with Crippen LogP contribution in [0.25, 0.3) is 0 Å². The van der Waals surface area contributed by atoms with E-state index in [4.69, 9.17) is 5.73 Å². The second-order valence-electron chi connectivity index (χ2n) is 4.12. The van der Waals surface area contributed by atoms with Gasteiger partial charge >= 0.3 is 0 Å². The standard InChI is InChI=1S/C10H13FN4O2/c1-5-7(3-13-14-5)10(17)15-4-6(11)2-8(15)9(12)16/h3,6,8H,2,4H2,1H3,(H2,12,16)(H,13,14)/t6-,8+/m1/s1. The molecule has 2 atom stereocenters. The van der Waals surface area contributed by atoms with E-state index in [0.717, 1.165) is 0 Å². The van der Waals surface area contributed by atoms with Crippen LogP contribution in [0.1, 0.15) is 22.5 Å². The van der Waals surface area contributed by atoms with E-state index in [9.17, 15) is 14.0 Å². The molecule has 0 saturated carbocycles. The van der Waals surface area contributed by atoms with Gasteiger partial charge in [-0.1, -0.05) is 0 Å². The molecule has 1 aromatic heterocycles. The lowest BCUT2D eigenvalue weighted by molar-refractivity contribution is -0.121. The fraction of sp³-hybridized carbons (Fsp3) is 0.500. The molecule has 1 aliphatic rings. The van der Waals surface area contributed by atoms with Gasteiger partial charge in [-0.3, -0.25) is 14.7 Å². The minimum atomic E-state index is -1.20. The van der Waals surface area contributed by atoms with Crippen LogP contribution in [0.5, 0.6) is 0 Å². The first kappa shape index (κ1) is 11.6. The van der Waals surface area contributed by atoms with Gasteiger partial charge < -0.3 is 10.6 Å². The SMILES string of the molecule is Cc1[nH]ncc1C(=O)N1C[C@H](F)C[C@H]1C(N)=O. The molecule has 1 aliphatic heterocycles. The highest BCUT2D eigenvalue weighted by Crippen LogP contribution is 2.23. The summed E-state index contributed by atoms with van der Waals surface area (Å²) in [4.78, 5) is 24.4. The van der Waals surface area contributed by atoms with Gasteiger partial charge in [0.1, 0.15) is 12.2 Å². The third-order valence-electron chi connectivity index (χ3n) is 2.90. The maximum absolute atomic E-state index is 13.3. The number of hydrogen-bond acceptors (Lipinski definition) is 3. The Morgan fingerprint density at radius 3 is 2.88 bits per heavy atom. The Bertz CT molecular complexity index is 459. The zero-order valence-electron chi connectivity index (χ0n) is 9.31. The normalized spacial score (nSPS) is 24.0. The summed E-state index contributed by atoms with van der Waals surface area (Å²) in [7, 11) is 0. The molecule has 0 aromatic carbocycles. The molecule has 0 bridgehead atoms. The highest BCUT2D eigenvalue weighted by Gasteiger charge is 2.39. The summed E-state index contributed by atoms with van der Waals surface area (Å²) in [5.74, 6) is -1.10. The topological polar surface area (TPSA) is 92.1 Å². The number of aromatic amines is 1. The summed E-state index contributed by atoms with van der Waals surface area (Å²) < 4.78 is 13.3. The van der Waals surface area contributed by atoms with Crippen molar-refractivity contribution in [2.45, 2.75) is 25.6 Å². The first-order valence-corrected chi connectivity index (χ1v) is 5.25. The molecule has 2 heterocycles. The van der Waals surface area contributed by atoms with E-state index in [-0.39, 0.29) is 13.0 Å². The number of aromatic nitrogens is 2. The number of primary amides is 1. The Morgan fingerprint density at radius 2 is 2.35 bits per heavy atom. The molecule has 0 radical (unpaired) electrons. The zero-order chi connectivity index (χ0) is 12.6. The minimum Gasteiger partial charge on any atom is -0.368 e. The fourth-order valence-corrected chi connectivity index (χ4v) is 2.00. The second kappa shape index (κ2) is 4.15. The van der Waals surface area contributed by atoms with Crippen LogP contribution >= 0.6 is 0 Å². The van der Waals surface area contributed by atoms with Gasteiger partial charge in [0, 0.05) is 12.1 Å². The van der Waals surface area contributed by atoms with Crippen LogP contribution < -0.4 is 5.73 Å². The van der Waals surface area contributed by atoms with E-state index < -0.39 is 24.0 Å². The van der Waals surface area contributed by atoms with Crippen molar-refractivity contribution in [3.05, 3.63) is 17.5 Å². The van der Waals surface area contributed by atoms with Crippen molar-refractivity contribution < 1.29 is 14.0 Å². The average Bonchev–Trinajstić information content (AvgIpc) is 2.83. The molecule has 6 nitrogen and oxygen atoms in total. The molecule has 1 fully saturated rings. The first-order chi connectivity index (χ1) is 8.00. The summed E-state index contributed by atoms with van der Waals surface area (Å²) in [5.41, 5.74) is 6.08. The van der Waals surface area contributed by atoms with Crippen LogP contribution in [-0.4, -0.2) is 45.7 Å². The monoisotopic (exact) mass is 240 g/mol. The number of carbonyl (C=O) groups is 2. The quantitative estimate of drug-likeness (QED) is 0.747. The number of halogens is 1. The van der Waals surface area contributed by atoms with Gasteiger partial charge in [-0.05, 0) is 6.92 Å². The van der Waals surface area contributed by atoms with E-state index in [1.54, 1.807) is 6.92 Å². The Labute approximate surface area is 97.0 Å². The molecule has 17 heavy (non-hydrogen) atoms. The molecule has 7 heteroatoms. The lowest BCUT2D eigenvalue weighted by atomic mass is 10.2. The first-order valence-electron chi connectivity index (χ1n) is 5.25. The van der Waals surface area contributed by atoms with Gasteiger partial charge in [0.25, 0.3) is 5.91 Å². The maximum Gasteiger partial charge on any atom is 0.258 e. The third kappa shape index (κ3) is 2.00. The van der Waals surface area contributed by atoms with Crippen LogP contribution in [0.4, 0.5) is 4.39 Å². The zero-order valence-corrected chi connectivity index (χ0v) is 9.31. The fourth-order valence-electron chi connectivity index (χ4n) is 2.00. The van der Waals surface area contributed by atoms with Gasteiger partial charge in [-0.25, -0.2) is 4.39 Å². The molecule has 92 valence electrons. The second-order valence-corrected chi connectivity index (χ2v) is 4.12. The van der Waals surface area contributed by atoms with E-state index in [1.807, 2.05) is 0 Å². The van der Waals surface area contributed by atoms with Gasteiger partial charge in [0.15, 0.2) is 0 Å². The number of nitrogens with zero attached hydrogens (tertiary/aromatic N) is 2. The summed E-state index contributed by atoms with van der Waals surface area (Å²) in [6, 6.07) is -0.869. The van der Waals surface area contributed by atoms with Gasteiger partial charge in [-0.2, -0.15) is 5.10 Å². The van der Waals surface area contributed by atoms with Crippen LogP contribution in [0.3, 0.4) is 0 Å². The number of alkyl halides is 1. The lowest BCUT2D eigenvalue weighted by Crippen LogP contribution is -2.43. The third-order valence-corrected chi connectivity index (χ3v) is 2.90. The lowest BCUT2D eigenvalue weighted by Gasteiger charge is -2.21. The molecule has 1 saturated heterocycles. The molecular weight excluding hydrogens is 227 g/mol. The van der Waals surface area contributed by atoms with E-state index in [2.05, 4.69) is 10.2 Å². The molecule has 0 aliphatic carbocycles. The van der Waals surface area contributed by atoms with Gasteiger partial charge in [0.05, 0.1) is 18.3 Å². The average molecular weight is 240 g/mol. The number of hydrogen-bond donors (Lipinski definition) is 2. The van der Waals surface area contributed by atoms with Crippen LogP contribution in [0.2, 0.25) is 0 Å². The number of likely N-dealkylation sites (tertiary alicyclic amines) is 1. The number of H-pyrrole nitrogens is 1. The number of aryl methyl sites for hydroxylation is 1. The van der Waals surface area contributed by atoms with Crippen molar-refractivity contribution in [2.24, 2.45) is 5.73 Å². The van der Waals surface area contributed by atoms with Crippen LogP contribution in [0.15, 0.2) is 6.20 Å². The summed E-state index contributed by atoms with van der Waals surface area (Å²) in [6.07, 6.45) is 0.128. The molecular formula is C10H13FN4O2. The predicted molar refractivity (Wildman–Crippen MR) is 56.9 cm³/mol. The summed E-state index contributed by atoms with van der Waals surface area (Å²) >= 11 is 0. The van der Waals surface area contributed by atoms with Gasteiger partial charge in [-0.15, -0.1) is 0 Å². The Kier molecular flexibility index (Phi) is 2.83. The molecule has 0 unspecified atom stereocenters. The van der Waals surface area contributed by atoms with Crippen molar-refractivity contribution in [3.63, 3.8) is 0 Å². The van der Waals surface area contributed by atoms with Crippen molar-refractivity contribution in [2.75, 3.05) is 6.54 Å². The van der Waals surface area contributed by atoms with Crippen molar-refractivity contribution in [1.29, 1.82) is 0 Å². The van der Waals surface area contributed by atoms with Crippen LogP contribution in [-0.2, 0) is 4.79 Å². The molecule has 2 amide bonds. The number of amides is 2. The molecule has 1 aromatic rings. The van der Waals surface area contributed by atoms with Crippen molar-refractivity contribution >= 4 is 11.8 Å². The predicted octanol–water partition coefficient (Wildman–Crippen LogP) is -0.244. The summed E-state index contributed by atoms with van der Waals surface area (Å²) in [6.45, 7) is 1.58. The Morgan fingerprint density at radius 1 is 1.65 bits per heavy atom. The minimum absolute atomic E-state index is 0.0298. The Balaban J connectivity index is 2.25. The largest absolute Gasteiger partial charge is 0.368 e. The summed E-state index contributed by atoms with van der Waals surface area (Å²) in [5, 5.41) is 6.34. The van der Waals surface area contributed by atoms with Gasteiger partial charge in [0.2, 0.25) is 5.91 Å². The highest BCUT2D eigenvalue weighted by molar-refractivity contribution is 5.98. The Hall–Kier alpha value is -1.92. The smallest absolute Gasteiger partial charge is 0.258 e. The highest BCUT2D eigenvalue weighted by atomic mass is 19.1. The van der Waals surface area contributed by atoms with Crippen molar-refractivity contribution in [1.82, 2.24) is 15.1 Å². The van der Waals surface area contributed by atoms with E-state index in [0.29, 0.717) is 11.3 Å². The molecule has 0 spiro atoms. The molecule has 2 rings (SSSR count). The number of carbonyl (C=O) groups excluding carboxylic acids is 2. The number of rotatable bonds is 2. The van der Waals surface area contributed by atoms with E-state index in [1.165, 1.54) is 11.1 Å². The molecule has 3 N–H and O–H groups in total. The number of nitrogens with one attached hydrogen (secondary N) is 1. The maximum atomic E-state index is 13.3. The number of nitrogens with two attached hydrogens (primary N) is 1.